The number of hydrogen-bond donors (Lipinski definition) is 1. The first-order valence-electron chi connectivity index (χ1n) is 6.50. The Bertz CT molecular complexity index is 507. The highest BCUT2D eigenvalue weighted by atomic mass is 19.1. The molecule has 20 heavy (non-hydrogen) atoms. The van der Waals surface area contributed by atoms with E-state index in [1.54, 1.807) is 0 Å². The van der Waals surface area contributed by atoms with Crippen molar-refractivity contribution in [1.29, 1.82) is 0 Å². The Morgan fingerprint density at radius 3 is 2.90 bits per heavy atom. The van der Waals surface area contributed by atoms with Crippen molar-refractivity contribution < 1.29 is 23.4 Å². The van der Waals surface area contributed by atoms with Crippen molar-refractivity contribution in [3.63, 3.8) is 0 Å². The maximum Gasteiger partial charge on any atom is 0.259 e. The van der Waals surface area contributed by atoms with Crippen molar-refractivity contribution in [1.82, 2.24) is 4.90 Å². The van der Waals surface area contributed by atoms with E-state index < -0.39 is 23.1 Å². The van der Waals surface area contributed by atoms with Gasteiger partial charge in [0.05, 0.1) is 7.11 Å². The van der Waals surface area contributed by atoms with E-state index in [0.717, 1.165) is 18.6 Å². The molecule has 1 N–H and O–H groups in total. The van der Waals surface area contributed by atoms with E-state index in [1.807, 2.05) is 0 Å². The maximum atomic E-state index is 14.1. The molecular weight excluding hydrogens is 268 g/mol. The number of piperidine rings is 1. The Morgan fingerprint density at radius 1 is 1.50 bits per heavy atom. The first-order chi connectivity index (χ1) is 9.58. The van der Waals surface area contributed by atoms with Crippen LogP contribution < -0.4 is 4.74 Å². The highest BCUT2D eigenvalue weighted by Gasteiger charge is 2.29. The number of carbonyl (C=O) groups excluding carboxylic acids is 1. The van der Waals surface area contributed by atoms with Crippen LogP contribution in [0.2, 0.25) is 0 Å². The number of halogens is 2. The molecule has 1 aliphatic rings. The van der Waals surface area contributed by atoms with E-state index in [2.05, 4.69) is 0 Å². The maximum absolute atomic E-state index is 14.1. The van der Waals surface area contributed by atoms with Crippen LogP contribution in [0.3, 0.4) is 0 Å². The molecule has 1 unspecified atom stereocenters. The van der Waals surface area contributed by atoms with Gasteiger partial charge in [0.1, 0.15) is 11.4 Å². The van der Waals surface area contributed by atoms with E-state index >= 15 is 0 Å². The molecule has 1 atom stereocenters. The van der Waals surface area contributed by atoms with Crippen molar-refractivity contribution in [3.05, 3.63) is 29.3 Å². The number of ether oxygens (including phenoxy) is 1. The van der Waals surface area contributed by atoms with Gasteiger partial charge in [-0.1, -0.05) is 0 Å². The average molecular weight is 285 g/mol. The molecule has 1 aromatic carbocycles. The number of hydrogen-bond acceptors (Lipinski definition) is 3. The second kappa shape index (κ2) is 6.17. The van der Waals surface area contributed by atoms with Gasteiger partial charge >= 0.3 is 0 Å². The minimum Gasteiger partial charge on any atom is -0.494 e. The fraction of sp³-hybridized carbons (Fsp3) is 0.500. The molecule has 1 aromatic rings. The SMILES string of the molecule is COc1ccc(F)c(C(=O)N2CCCC(CO)C2)c1F. The van der Waals surface area contributed by atoms with Crippen LogP contribution in [0.4, 0.5) is 8.78 Å². The quantitative estimate of drug-likeness (QED) is 0.921. The van der Waals surface area contributed by atoms with Gasteiger partial charge in [0.2, 0.25) is 0 Å². The second-order valence-corrected chi connectivity index (χ2v) is 4.88. The second-order valence-electron chi connectivity index (χ2n) is 4.88. The summed E-state index contributed by atoms with van der Waals surface area (Å²) in [5, 5.41) is 9.15. The summed E-state index contributed by atoms with van der Waals surface area (Å²) in [5.41, 5.74) is -0.595. The lowest BCUT2D eigenvalue weighted by molar-refractivity contribution is 0.0610. The summed E-state index contributed by atoms with van der Waals surface area (Å²) in [6.45, 7) is 0.712. The lowest BCUT2D eigenvalue weighted by atomic mass is 9.98. The third-order valence-electron chi connectivity index (χ3n) is 3.55. The van der Waals surface area contributed by atoms with Crippen LogP contribution in [0, 0.1) is 17.6 Å². The molecule has 1 aliphatic heterocycles. The monoisotopic (exact) mass is 285 g/mol. The molecule has 2 rings (SSSR count). The lowest BCUT2D eigenvalue weighted by Gasteiger charge is -2.32. The minimum atomic E-state index is -0.983. The van der Waals surface area contributed by atoms with Crippen LogP contribution in [0.25, 0.3) is 0 Å². The number of aliphatic hydroxyl groups is 1. The molecule has 0 bridgehead atoms. The molecule has 1 fully saturated rings. The zero-order chi connectivity index (χ0) is 14.7. The number of amides is 1. The van der Waals surface area contributed by atoms with E-state index in [9.17, 15) is 13.6 Å². The highest BCUT2D eigenvalue weighted by molar-refractivity contribution is 5.95. The fourth-order valence-corrected chi connectivity index (χ4v) is 2.44. The normalized spacial score (nSPS) is 19.0. The number of rotatable bonds is 3. The van der Waals surface area contributed by atoms with Crippen molar-refractivity contribution in [3.8, 4) is 5.75 Å². The van der Waals surface area contributed by atoms with Crippen LogP contribution in [0.1, 0.15) is 23.2 Å². The van der Waals surface area contributed by atoms with Crippen molar-refractivity contribution in [2.24, 2.45) is 5.92 Å². The smallest absolute Gasteiger partial charge is 0.259 e. The summed E-state index contributed by atoms with van der Waals surface area (Å²) in [6.07, 6.45) is 1.52. The summed E-state index contributed by atoms with van der Waals surface area (Å²) in [5.74, 6) is -2.78. The predicted molar refractivity (Wildman–Crippen MR) is 68.6 cm³/mol. The van der Waals surface area contributed by atoms with Gasteiger partial charge in [-0.2, -0.15) is 0 Å². The fourth-order valence-electron chi connectivity index (χ4n) is 2.44. The van der Waals surface area contributed by atoms with Gasteiger partial charge in [0.25, 0.3) is 5.91 Å². The number of benzene rings is 1. The number of carbonyl (C=O) groups is 1. The third-order valence-corrected chi connectivity index (χ3v) is 3.55. The Balaban J connectivity index is 2.29. The van der Waals surface area contributed by atoms with Gasteiger partial charge in [-0.3, -0.25) is 4.79 Å². The van der Waals surface area contributed by atoms with Gasteiger partial charge < -0.3 is 14.7 Å². The highest BCUT2D eigenvalue weighted by Crippen LogP contribution is 2.26. The Labute approximate surface area is 116 Å². The first-order valence-corrected chi connectivity index (χ1v) is 6.50. The summed E-state index contributed by atoms with van der Waals surface area (Å²) < 4.78 is 32.6. The molecule has 1 heterocycles. The van der Waals surface area contributed by atoms with Crippen LogP contribution in [-0.4, -0.2) is 42.7 Å². The van der Waals surface area contributed by atoms with Crippen LogP contribution in [-0.2, 0) is 0 Å². The topological polar surface area (TPSA) is 49.8 Å². The first kappa shape index (κ1) is 14.7. The van der Waals surface area contributed by atoms with Crippen molar-refractivity contribution in [2.45, 2.75) is 12.8 Å². The van der Waals surface area contributed by atoms with Crippen LogP contribution in [0.5, 0.6) is 5.75 Å². The zero-order valence-corrected chi connectivity index (χ0v) is 11.2. The Morgan fingerprint density at radius 2 is 2.25 bits per heavy atom. The third kappa shape index (κ3) is 2.75. The number of aliphatic hydroxyl groups excluding tert-OH is 1. The number of methoxy groups -OCH3 is 1. The van der Waals surface area contributed by atoms with E-state index in [-0.39, 0.29) is 18.3 Å². The molecule has 1 amide bonds. The molecule has 6 heteroatoms. The predicted octanol–water partition coefficient (Wildman–Crippen LogP) is 1.82. The minimum absolute atomic E-state index is 0.0349. The number of likely N-dealkylation sites (tertiary alicyclic amines) is 1. The van der Waals surface area contributed by atoms with Crippen molar-refractivity contribution >= 4 is 5.91 Å². The molecule has 4 nitrogen and oxygen atoms in total. The molecule has 110 valence electrons. The summed E-state index contributed by atoms with van der Waals surface area (Å²) in [4.78, 5) is 13.7. The molecule has 0 aliphatic carbocycles. The summed E-state index contributed by atoms with van der Waals surface area (Å²) >= 11 is 0. The van der Waals surface area contributed by atoms with Gasteiger partial charge in [-0.15, -0.1) is 0 Å². The van der Waals surface area contributed by atoms with Gasteiger partial charge in [-0.25, -0.2) is 8.78 Å². The Kier molecular flexibility index (Phi) is 4.54. The molecule has 0 spiro atoms. The van der Waals surface area contributed by atoms with Gasteiger partial charge in [0.15, 0.2) is 11.6 Å². The molecule has 0 radical (unpaired) electrons. The van der Waals surface area contributed by atoms with Gasteiger partial charge in [0, 0.05) is 19.7 Å². The van der Waals surface area contributed by atoms with E-state index in [4.69, 9.17) is 9.84 Å². The largest absolute Gasteiger partial charge is 0.494 e. The lowest BCUT2D eigenvalue weighted by Crippen LogP contribution is -2.41. The van der Waals surface area contributed by atoms with Gasteiger partial charge in [-0.05, 0) is 30.9 Å². The Hall–Kier alpha value is -1.69. The summed E-state index contributed by atoms with van der Waals surface area (Å²) in [6, 6.07) is 2.16. The number of nitrogens with zero attached hydrogens (tertiary/aromatic N) is 1. The van der Waals surface area contributed by atoms with E-state index in [1.165, 1.54) is 12.0 Å². The average Bonchev–Trinajstić information content (AvgIpc) is 2.47. The molecule has 0 aromatic heterocycles. The molecular formula is C14H17F2NO3. The zero-order valence-electron chi connectivity index (χ0n) is 11.2. The van der Waals surface area contributed by atoms with Crippen LogP contribution in [0.15, 0.2) is 12.1 Å². The van der Waals surface area contributed by atoms with Crippen molar-refractivity contribution in [2.75, 3.05) is 26.8 Å². The summed E-state index contributed by atoms with van der Waals surface area (Å²) in [7, 11) is 1.26. The molecule has 1 saturated heterocycles. The standard InChI is InChI=1S/C14H17F2NO3/c1-20-11-5-4-10(15)12(13(11)16)14(19)17-6-2-3-9(7-17)8-18/h4-5,9,18H,2-3,6-8H2,1H3. The molecule has 0 saturated carbocycles. The van der Waals surface area contributed by atoms with Crippen LogP contribution >= 0.6 is 0 Å². The van der Waals surface area contributed by atoms with E-state index in [0.29, 0.717) is 19.5 Å².